The molecular weight excluding hydrogens is 188 g/mol. The summed E-state index contributed by atoms with van der Waals surface area (Å²) in [7, 11) is -1.36. The second-order valence-corrected chi connectivity index (χ2v) is 5.96. The Kier molecular flexibility index (Phi) is 3.32. The fourth-order valence-corrected chi connectivity index (χ4v) is 3.08. The fourth-order valence-electron chi connectivity index (χ4n) is 1.27. The molecule has 1 aliphatic carbocycles. The first kappa shape index (κ1) is 10.9. The average molecular weight is 206 g/mol. The van der Waals surface area contributed by atoms with Gasteiger partial charge in [-0.3, -0.25) is 0 Å². The van der Waals surface area contributed by atoms with Crippen molar-refractivity contribution in [1.29, 1.82) is 0 Å². The zero-order valence-corrected chi connectivity index (χ0v) is 9.05. The highest BCUT2D eigenvalue weighted by Gasteiger charge is 2.39. The summed E-state index contributed by atoms with van der Waals surface area (Å²) in [6, 6.07) is 0.0237. The Morgan fingerprint density at radius 3 is 2.46 bits per heavy atom. The summed E-state index contributed by atoms with van der Waals surface area (Å²) in [5.41, 5.74) is 5.38. The van der Waals surface area contributed by atoms with Gasteiger partial charge in [0.15, 0.2) is 0 Å². The molecule has 0 bridgehead atoms. The summed E-state index contributed by atoms with van der Waals surface area (Å²) in [6.07, 6.45) is 2.37. The van der Waals surface area contributed by atoms with Crippen molar-refractivity contribution in [3.63, 3.8) is 0 Å². The van der Waals surface area contributed by atoms with Gasteiger partial charge in [-0.25, -0.2) is 12.7 Å². The van der Waals surface area contributed by atoms with Crippen LogP contribution in [0.15, 0.2) is 0 Å². The van der Waals surface area contributed by atoms with Gasteiger partial charge in [0.1, 0.15) is 0 Å². The van der Waals surface area contributed by atoms with Crippen molar-refractivity contribution in [3.05, 3.63) is 0 Å². The first-order valence-corrected chi connectivity index (χ1v) is 6.17. The quantitative estimate of drug-likeness (QED) is 0.696. The van der Waals surface area contributed by atoms with Gasteiger partial charge in [-0.2, -0.15) is 0 Å². The molecule has 0 radical (unpaired) electrons. The van der Waals surface area contributed by atoms with Crippen LogP contribution in [0.5, 0.6) is 0 Å². The Bertz CT molecular complexity index is 259. The molecule has 1 rings (SSSR count). The minimum absolute atomic E-state index is 0.0237. The number of hydrogen-bond acceptors (Lipinski definition) is 3. The van der Waals surface area contributed by atoms with Crippen LogP contribution in [0, 0.1) is 0 Å². The maximum atomic E-state index is 11.7. The van der Waals surface area contributed by atoms with Crippen molar-refractivity contribution < 1.29 is 8.42 Å². The van der Waals surface area contributed by atoms with Crippen molar-refractivity contribution in [3.8, 4) is 0 Å². The average Bonchev–Trinajstić information content (AvgIpc) is 2.85. The molecule has 5 heteroatoms. The van der Waals surface area contributed by atoms with Crippen LogP contribution in [0.3, 0.4) is 0 Å². The Labute approximate surface area is 80.1 Å². The van der Waals surface area contributed by atoms with E-state index in [-0.39, 0.29) is 11.3 Å². The van der Waals surface area contributed by atoms with Gasteiger partial charge >= 0.3 is 0 Å². The van der Waals surface area contributed by atoms with E-state index < -0.39 is 10.0 Å². The van der Waals surface area contributed by atoms with Gasteiger partial charge in [0.05, 0.1) is 5.25 Å². The number of rotatable bonds is 5. The van der Waals surface area contributed by atoms with Gasteiger partial charge in [-0.05, 0) is 32.7 Å². The van der Waals surface area contributed by atoms with Crippen LogP contribution in [0.2, 0.25) is 0 Å². The summed E-state index contributed by atoms with van der Waals surface area (Å²) in [5, 5.41) is -0.113. The van der Waals surface area contributed by atoms with E-state index in [2.05, 4.69) is 0 Å². The summed E-state index contributed by atoms with van der Waals surface area (Å²) in [5.74, 6) is 0. The maximum absolute atomic E-state index is 11.7. The lowest BCUT2D eigenvalue weighted by Gasteiger charge is -2.23. The van der Waals surface area contributed by atoms with Crippen LogP contribution < -0.4 is 5.73 Å². The molecule has 2 N–H and O–H groups in total. The molecule has 1 fully saturated rings. The lowest BCUT2D eigenvalue weighted by molar-refractivity contribution is 0.374. The van der Waals surface area contributed by atoms with E-state index in [0.717, 1.165) is 19.3 Å². The molecule has 0 heterocycles. The Hall–Kier alpha value is -0.130. The van der Waals surface area contributed by atoms with Crippen molar-refractivity contribution >= 4 is 10.0 Å². The third kappa shape index (κ3) is 2.42. The molecule has 13 heavy (non-hydrogen) atoms. The minimum Gasteiger partial charge on any atom is -0.330 e. The highest BCUT2D eigenvalue weighted by molar-refractivity contribution is 7.90. The number of hydrogen-bond donors (Lipinski definition) is 1. The molecule has 1 atom stereocenters. The van der Waals surface area contributed by atoms with Gasteiger partial charge in [0.2, 0.25) is 10.0 Å². The van der Waals surface area contributed by atoms with Gasteiger partial charge < -0.3 is 5.73 Å². The highest BCUT2D eigenvalue weighted by atomic mass is 32.2. The first-order valence-electron chi connectivity index (χ1n) is 4.67. The first-order chi connectivity index (χ1) is 6.00. The molecule has 4 nitrogen and oxygen atoms in total. The normalized spacial score (nSPS) is 20.6. The predicted octanol–water partition coefficient (Wildman–Crippen LogP) is 0.148. The zero-order valence-electron chi connectivity index (χ0n) is 8.23. The summed E-state index contributed by atoms with van der Waals surface area (Å²) < 4.78 is 24.9. The SMILES string of the molecule is CC(CCN)N(C)S(=O)(=O)C1CC1. The van der Waals surface area contributed by atoms with Crippen LogP contribution in [-0.4, -0.2) is 37.6 Å². The maximum Gasteiger partial charge on any atom is 0.216 e. The summed E-state index contributed by atoms with van der Waals surface area (Å²) >= 11 is 0. The van der Waals surface area contributed by atoms with Crippen molar-refractivity contribution in [2.24, 2.45) is 5.73 Å². The van der Waals surface area contributed by atoms with Crippen molar-refractivity contribution in [2.45, 2.75) is 37.5 Å². The largest absolute Gasteiger partial charge is 0.330 e. The van der Waals surface area contributed by atoms with Crippen LogP contribution in [0.1, 0.15) is 26.2 Å². The van der Waals surface area contributed by atoms with Crippen molar-refractivity contribution in [1.82, 2.24) is 4.31 Å². The van der Waals surface area contributed by atoms with E-state index in [9.17, 15) is 8.42 Å². The molecule has 0 aromatic heterocycles. The van der Waals surface area contributed by atoms with Crippen LogP contribution in [0.4, 0.5) is 0 Å². The Balaban J connectivity index is 2.59. The van der Waals surface area contributed by atoms with E-state index in [0.29, 0.717) is 6.54 Å². The fraction of sp³-hybridized carbons (Fsp3) is 1.00. The predicted molar refractivity (Wildman–Crippen MR) is 52.8 cm³/mol. The van der Waals surface area contributed by atoms with Crippen LogP contribution in [0.25, 0.3) is 0 Å². The third-order valence-electron chi connectivity index (χ3n) is 2.55. The van der Waals surface area contributed by atoms with Crippen molar-refractivity contribution in [2.75, 3.05) is 13.6 Å². The monoisotopic (exact) mass is 206 g/mol. The molecule has 0 saturated heterocycles. The van der Waals surface area contributed by atoms with Crippen LogP contribution in [-0.2, 0) is 10.0 Å². The molecule has 1 unspecified atom stereocenters. The van der Waals surface area contributed by atoms with E-state index in [1.54, 1.807) is 7.05 Å². The second-order valence-electron chi connectivity index (χ2n) is 3.69. The molecule has 0 aromatic carbocycles. The molecule has 0 spiro atoms. The summed E-state index contributed by atoms with van der Waals surface area (Å²) in [6.45, 7) is 2.43. The Morgan fingerprint density at radius 1 is 1.54 bits per heavy atom. The van der Waals surface area contributed by atoms with E-state index in [1.165, 1.54) is 4.31 Å². The molecule has 0 aromatic rings. The molecular formula is C8H18N2O2S. The van der Waals surface area contributed by atoms with E-state index in [4.69, 9.17) is 5.73 Å². The van der Waals surface area contributed by atoms with E-state index >= 15 is 0 Å². The van der Waals surface area contributed by atoms with Gasteiger partial charge in [-0.1, -0.05) is 0 Å². The molecule has 0 amide bonds. The molecule has 0 aliphatic heterocycles. The lowest BCUT2D eigenvalue weighted by Crippen LogP contribution is -2.38. The lowest BCUT2D eigenvalue weighted by atomic mass is 10.2. The minimum atomic E-state index is -3.01. The third-order valence-corrected chi connectivity index (χ3v) is 5.03. The summed E-state index contributed by atoms with van der Waals surface area (Å²) in [4.78, 5) is 0. The Morgan fingerprint density at radius 2 is 2.08 bits per heavy atom. The zero-order chi connectivity index (χ0) is 10.1. The molecule has 78 valence electrons. The number of sulfonamides is 1. The number of nitrogens with two attached hydrogens (primary N) is 1. The van der Waals surface area contributed by atoms with Crippen LogP contribution >= 0.6 is 0 Å². The topological polar surface area (TPSA) is 63.4 Å². The number of nitrogens with zero attached hydrogens (tertiary/aromatic N) is 1. The standard InChI is InChI=1S/C8H18N2O2S/c1-7(5-6-9)10(2)13(11,12)8-3-4-8/h7-8H,3-6,9H2,1-2H3. The second kappa shape index (κ2) is 3.94. The smallest absolute Gasteiger partial charge is 0.216 e. The molecule has 1 aliphatic rings. The van der Waals surface area contributed by atoms with Gasteiger partial charge in [0.25, 0.3) is 0 Å². The van der Waals surface area contributed by atoms with Gasteiger partial charge in [0, 0.05) is 13.1 Å². The van der Waals surface area contributed by atoms with E-state index in [1.807, 2.05) is 6.92 Å². The molecule has 1 saturated carbocycles. The van der Waals surface area contributed by atoms with Gasteiger partial charge in [-0.15, -0.1) is 0 Å². The highest BCUT2D eigenvalue weighted by Crippen LogP contribution is 2.31.